The summed E-state index contributed by atoms with van der Waals surface area (Å²) in [6.07, 6.45) is 1.43. The Balaban J connectivity index is 2.90. The monoisotopic (exact) mass is 210 g/mol. The van der Waals surface area contributed by atoms with Crippen molar-refractivity contribution in [1.82, 2.24) is 9.97 Å². The van der Waals surface area contributed by atoms with Crippen molar-refractivity contribution in [1.29, 1.82) is 0 Å². The first-order valence-corrected chi connectivity index (χ1v) is 7.86. The Morgan fingerprint density at radius 2 is 2.00 bits per heavy atom. The largest absolute Gasteiger partial charge is 0.228 e. The molecule has 0 unspecified atom stereocenters. The van der Waals surface area contributed by atoms with Gasteiger partial charge in [0, 0.05) is 6.07 Å². The maximum atomic E-state index is 5.69. The SMILES string of the molecule is C[Si](C)(C)C#Cc1cc(Cl)ncn1. The van der Waals surface area contributed by atoms with Crippen LogP contribution in [0.5, 0.6) is 0 Å². The van der Waals surface area contributed by atoms with Gasteiger partial charge in [-0.2, -0.15) is 0 Å². The van der Waals surface area contributed by atoms with Crippen molar-refractivity contribution < 1.29 is 0 Å². The minimum atomic E-state index is -1.32. The Kier molecular flexibility index (Phi) is 3.07. The van der Waals surface area contributed by atoms with E-state index in [1.807, 2.05) is 0 Å². The van der Waals surface area contributed by atoms with E-state index in [0.717, 1.165) is 0 Å². The standard InChI is InChI=1S/C9H11ClN2Si/c1-13(2,3)5-4-8-6-9(10)12-7-11-8/h6-7H,1-3H3. The highest BCUT2D eigenvalue weighted by molar-refractivity contribution is 6.83. The molecule has 0 aliphatic heterocycles. The number of rotatable bonds is 0. The Labute approximate surface area is 84.4 Å². The van der Waals surface area contributed by atoms with E-state index in [-0.39, 0.29) is 0 Å². The van der Waals surface area contributed by atoms with Crippen LogP contribution in [0.15, 0.2) is 12.4 Å². The summed E-state index contributed by atoms with van der Waals surface area (Å²) in [6, 6.07) is 1.68. The first-order valence-electron chi connectivity index (χ1n) is 3.98. The Hall–Kier alpha value is -0.853. The van der Waals surface area contributed by atoms with Gasteiger partial charge < -0.3 is 0 Å². The summed E-state index contributed by atoms with van der Waals surface area (Å²) >= 11 is 5.69. The second-order valence-corrected chi connectivity index (χ2v) is 8.86. The van der Waals surface area contributed by atoms with E-state index in [4.69, 9.17) is 11.6 Å². The van der Waals surface area contributed by atoms with Crippen LogP contribution in [0.1, 0.15) is 5.69 Å². The molecule has 0 bridgehead atoms. The summed E-state index contributed by atoms with van der Waals surface area (Å²) in [5.74, 6) is 3.00. The number of aromatic nitrogens is 2. The zero-order chi connectivity index (χ0) is 9.90. The summed E-state index contributed by atoms with van der Waals surface area (Å²) in [4.78, 5) is 7.78. The van der Waals surface area contributed by atoms with Crippen LogP contribution in [0.3, 0.4) is 0 Å². The molecule has 2 nitrogen and oxygen atoms in total. The summed E-state index contributed by atoms with van der Waals surface area (Å²) in [5.41, 5.74) is 3.90. The average Bonchev–Trinajstić information content (AvgIpc) is 2.00. The molecule has 0 spiro atoms. The number of nitrogens with zero attached hydrogens (tertiary/aromatic N) is 2. The quantitative estimate of drug-likeness (QED) is 0.373. The molecule has 1 rings (SSSR count). The molecule has 4 heteroatoms. The van der Waals surface area contributed by atoms with Crippen LogP contribution in [0.4, 0.5) is 0 Å². The second kappa shape index (κ2) is 3.90. The van der Waals surface area contributed by atoms with Crippen LogP contribution in [0.25, 0.3) is 0 Å². The van der Waals surface area contributed by atoms with Crippen LogP contribution < -0.4 is 0 Å². The van der Waals surface area contributed by atoms with Crippen LogP contribution in [0, 0.1) is 11.5 Å². The molecule has 0 aliphatic rings. The van der Waals surface area contributed by atoms with Crippen molar-refractivity contribution in [3.63, 3.8) is 0 Å². The molecular formula is C9H11ClN2Si. The van der Waals surface area contributed by atoms with Gasteiger partial charge >= 0.3 is 0 Å². The van der Waals surface area contributed by atoms with Gasteiger partial charge in [0.25, 0.3) is 0 Å². The van der Waals surface area contributed by atoms with Gasteiger partial charge in [-0.3, -0.25) is 0 Å². The summed E-state index contributed by atoms with van der Waals surface area (Å²) < 4.78 is 0. The van der Waals surface area contributed by atoms with E-state index in [0.29, 0.717) is 10.8 Å². The molecule has 0 saturated heterocycles. The minimum absolute atomic E-state index is 0.440. The molecular weight excluding hydrogens is 200 g/mol. The average molecular weight is 211 g/mol. The molecule has 0 amide bonds. The molecule has 13 heavy (non-hydrogen) atoms. The lowest BCUT2D eigenvalue weighted by molar-refractivity contribution is 1.15. The lowest BCUT2D eigenvalue weighted by Gasteiger charge is -2.02. The van der Waals surface area contributed by atoms with Gasteiger partial charge in [0.05, 0.1) is 0 Å². The lowest BCUT2D eigenvalue weighted by Crippen LogP contribution is -2.16. The Morgan fingerprint density at radius 3 is 2.54 bits per heavy atom. The topological polar surface area (TPSA) is 25.8 Å². The molecule has 0 atom stereocenters. The van der Waals surface area contributed by atoms with E-state index >= 15 is 0 Å². The van der Waals surface area contributed by atoms with Crippen LogP contribution in [0.2, 0.25) is 24.8 Å². The number of hydrogen-bond acceptors (Lipinski definition) is 2. The molecule has 1 heterocycles. The van der Waals surface area contributed by atoms with E-state index in [1.165, 1.54) is 6.33 Å². The fourth-order valence-electron chi connectivity index (χ4n) is 0.653. The lowest BCUT2D eigenvalue weighted by atomic mass is 10.4. The van der Waals surface area contributed by atoms with Crippen LogP contribution in [-0.2, 0) is 0 Å². The zero-order valence-corrected chi connectivity index (χ0v) is 9.68. The minimum Gasteiger partial charge on any atom is -0.228 e. The third-order valence-corrected chi connectivity index (χ3v) is 2.28. The van der Waals surface area contributed by atoms with Crippen molar-refractivity contribution in [3.8, 4) is 11.5 Å². The highest BCUT2D eigenvalue weighted by atomic mass is 35.5. The van der Waals surface area contributed by atoms with Crippen LogP contribution >= 0.6 is 11.6 Å². The third kappa shape index (κ3) is 4.06. The van der Waals surface area contributed by atoms with E-state index in [1.54, 1.807) is 6.07 Å². The summed E-state index contributed by atoms with van der Waals surface area (Å²) in [5, 5.41) is 0.440. The second-order valence-electron chi connectivity index (χ2n) is 3.73. The molecule has 1 aromatic heterocycles. The fourth-order valence-corrected chi connectivity index (χ4v) is 1.30. The molecule has 0 radical (unpaired) electrons. The van der Waals surface area contributed by atoms with Gasteiger partial charge in [-0.15, -0.1) is 5.54 Å². The molecule has 1 aromatic rings. The van der Waals surface area contributed by atoms with Gasteiger partial charge in [-0.25, -0.2) is 9.97 Å². The summed E-state index contributed by atoms with van der Waals surface area (Å²) in [7, 11) is -1.32. The van der Waals surface area contributed by atoms with Gasteiger partial charge in [-0.1, -0.05) is 37.2 Å². The van der Waals surface area contributed by atoms with E-state index < -0.39 is 8.07 Å². The highest BCUT2D eigenvalue weighted by Gasteiger charge is 2.07. The maximum absolute atomic E-state index is 5.69. The van der Waals surface area contributed by atoms with Crippen LogP contribution in [-0.4, -0.2) is 18.0 Å². The van der Waals surface area contributed by atoms with E-state index in [9.17, 15) is 0 Å². The molecule has 0 N–H and O–H groups in total. The Bertz CT molecular complexity index is 360. The van der Waals surface area contributed by atoms with Gasteiger partial charge in [0.2, 0.25) is 0 Å². The predicted molar refractivity (Wildman–Crippen MR) is 57.3 cm³/mol. The van der Waals surface area contributed by atoms with Gasteiger partial charge in [0.1, 0.15) is 25.2 Å². The predicted octanol–water partition coefficient (Wildman–Crippen LogP) is 2.36. The van der Waals surface area contributed by atoms with Gasteiger partial charge in [-0.05, 0) is 0 Å². The zero-order valence-electron chi connectivity index (χ0n) is 7.93. The van der Waals surface area contributed by atoms with Gasteiger partial charge in [0.15, 0.2) is 0 Å². The fraction of sp³-hybridized carbons (Fsp3) is 0.333. The van der Waals surface area contributed by atoms with Crippen molar-refractivity contribution in [2.24, 2.45) is 0 Å². The number of halogens is 1. The van der Waals surface area contributed by atoms with Crippen molar-refractivity contribution in [2.75, 3.05) is 0 Å². The number of hydrogen-bond donors (Lipinski definition) is 0. The molecule has 0 aromatic carbocycles. The van der Waals surface area contributed by atoms with Crippen molar-refractivity contribution >= 4 is 19.7 Å². The third-order valence-electron chi connectivity index (χ3n) is 1.20. The van der Waals surface area contributed by atoms with E-state index in [2.05, 4.69) is 41.1 Å². The highest BCUT2D eigenvalue weighted by Crippen LogP contribution is 2.03. The first kappa shape index (κ1) is 10.2. The first-order chi connectivity index (χ1) is 5.97. The molecule has 0 aliphatic carbocycles. The molecule has 68 valence electrons. The maximum Gasteiger partial charge on any atom is 0.133 e. The molecule has 0 saturated carbocycles. The van der Waals surface area contributed by atoms with Crippen molar-refractivity contribution in [3.05, 3.63) is 23.2 Å². The van der Waals surface area contributed by atoms with Crippen molar-refractivity contribution in [2.45, 2.75) is 19.6 Å². The Morgan fingerprint density at radius 1 is 1.31 bits per heavy atom. The smallest absolute Gasteiger partial charge is 0.133 e. The normalized spacial score (nSPS) is 10.5. The molecule has 0 fully saturated rings. The summed E-state index contributed by atoms with van der Waals surface area (Å²) in [6.45, 7) is 6.55.